The normalized spacial score (nSPS) is 18.1. The highest BCUT2D eigenvalue weighted by atomic mass is 32.2. The molecule has 3 aromatic rings. The zero-order chi connectivity index (χ0) is 38.3. The number of sulfone groups is 1. The fraction of sp³-hybridized carbons (Fsp3) is 0.561. The fourth-order valence-electron chi connectivity index (χ4n) is 7.03. The zero-order valence-corrected chi connectivity index (χ0v) is 31.9. The summed E-state index contributed by atoms with van der Waals surface area (Å²) in [5.74, 6) is 0.361. The van der Waals surface area contributed by atoms with Gasteiger partial charge >= 0.3 is 0 Å². The highest BCUT2D eigenvalue weighted by Crippen LogP contribution is 2.55. The van der Waals surface area contributed by atoms with E-state index in [9.17, 15) is 33.6 Å². The number of hydrogen-bond donors (Lipinski definition) is 5. The first kappa shape index (κ1) is 40.8. The fourth-order valence-corrected chi connectivity index (χ4v) is 7.58. The van der Waals surface area contributed by atoms with Crippen molar-refractivity contribution in [3.63, 3.8) is 0 Å². The third kappa shape index (κ3) is 11.1. The number of aliphatic hydroxyl groups is 5. The van der Waals surface area contributed by atoms with Crippen LogP contribution in [0.4, 0.5) is 0 Å². The van der Waals surface area contributed by atoms with E-state index >= 15 is 0 Å². The summed E-state index contributed by atoms with van der Waals surface area (Å²) in [5.41, 5.74) is 7.38. The number of para-hydroxylation sites is 1. The van der Waals surface area contributed by atoms with Crippen LogP contribution in [0.5, 0.6) is 5.75 Å². The SMILES string of the molecule is Cc1ccc(C(C)CCCC(=O)N(CCS(C)(=O)=O)C[C@H](O)[C@@H](O)[C@H](O)[C@H](O)CO)cc1CCC1(c2cnccc2-c2ccccc2OC2CC2)CC1. The Morgan fingerprint density at radius 3 is 2.42 bits per heavy atom. The summed E-state index contributed by atoms with van der Waals surface area (Å²) in [4.78, 5) is 19.0. The molecule has 1 heterocycles. The number of aromatic nitrogens is 1. The van der Waals surface area contributed by atoms with E-state index in [1.54, 1.807) is 0 Å². The second-order valence-electron chi connectivity index (χ2n) is 15.3. The molecule has 290 valence electrons. The topological polar surface area (TPSA) is 178 Å². The molecule has 0 spiro atoms. The molecule has 2 saturated carbocycles. The first-order valence-corrected chi connectivity index (χ1v) is 20.9. The first-order chi connectivity index (χ1) is 25.2. The Hall–Kier alpha value is -3.39. The van der Waals surface area contributed by atoms with Gasteiger partial charge in [-0.05, 0) is 110 Å². The maximum atomic E-state index is 13.3. The molecule has 2 fully saturated rings. The molecule has 0 bridgehead atoms. The smallest absolute Gasteiger partial charge is 0.222 e. The standard InChI is InChI=1S/C41H56N2O9S/c1-27(7-6-10-38(47)43(21-22-53(3,50)51)25-35(45)39(48)40(49)36(46)26-44)29-12-11-28(2)30(23-29)15-17-41(18-19-41)34-24-42-20-16-32(34)33-8-4-5-9-37(33)52-31-13-14-31/h4-5,8-9,11-12,16,20,23-24,27,31,35-36,39-40,44-46,48-49H,6-7,10,13-15,17-19,21-22,25-26H2,1-3H3/t27?,35-,36+,39+,40+/m0/s1. The lowest BCUT2D eigenvalue weighted by Gasteiger charge is -2.30. The van der Waals surface area contributed by atoms with Crippen molar-refractivity contribution >= 4 is 15.7 Å². The van der Waals surface area contributed by atoms with E-state index in [1.165, 1.54) is 32.7 Å². The highest BCUT2D eigenvalue weighted by Gasteiger charge is 2.45. The minimum absolute atomic E-state index is 0.0635. The summed E-state index contributed by atoms with van der Waals surface area (Å²) in [6, 6.07) is 17.0. The Balaban J connectivity index is 1.20. The maximum absolute atomic E-state index is 13.3. The molecule has 1 unspecified atom stereocenters. The largest absolute Gasteiger partial charge is 0.490 e. The number of ether oxygens (including phenoxy) is 1. The molecule has 53 heavy (non-hydrogen) atoms. The van der Waals surface area contributed by atoms with Gasteiger partial charge in [-0.2, -0.15) is 0 Å². The van der Waals surface area contributed by atoms with Gasteiger partial charge in [-0.1, -0.05) is 43.3 Å². The minimum atomic E-state index is -3.43. The van der Waals surface area contributed by atoms with Crippen LogP contribution in [0.3, 0.4) is 0 Å². The second kappa shape index (κ2) is 17.8. The lowest BCUT2D eigenvalue weighted by atomic mass is 9.84. The third-order valence-electron chi connectivity index (χ3n) is 10.9. The molecule has 5 atom stereocenters. The van der Waals surface area contributed by atoms with Crippen LogP contribution >= 0.6 is 0 Å². The number of amides is 1. The van der Waals surface area contributed by atoms with Crippen molar-refractivity contribution in [3.8, 4) is 16.9 Å². The van der Waals surface area contributed by atoms with Crippen LogP contribution in [0.15, 0.2) is 60.9 Å². The number of carbonyl (C=O) groups is 1. The first-order valence-electron chi connectivity index (χ1n) is 18.8. The summed E-state index contributed by atoms with van der Waals surface area (Å²) in [6.45, 7) is 2.80. The van der Waals surface area contributed by atoms with Gasteiger partial charge in [0, 0.05) is 43.7 Å². The van der Waals surface area contributed by atoms with Crippen molar-refractivity contribution in [1.82, 2.24) is 9.88 Å². The monoisotopic (exact) mass is 752 g/mol. The zero-order valence-electron chi connectivity index (χ0n) is 31.1. The highest BCUT2D eigenvalue weighted by molar-refractivity contribution is 7.90. The Kier molecular flexibility index (Phi) is 13.7. The maximum Gasteiger partial charge on any atom is 0.222 e. The van der Waals surface area contributed by atoms with Gasteiger partial charge in [0.2, 0.25) is 5.91 Å². The summed E-state index contributed by atoms with van der Waals surface area (Å²) in [6.07, 6.45) is 5.88. The second-order valence-corrected chi connectivity index (χ2v) is 17.5. The summed E-state index contributed by atoms with van der Waals surface area (Å²) in [5, 5.41) is 49.5. The van der Waals surface area contributed by atoms with Crippen LogP contribution in [0, 0.1) is 6.92 Å². The van der Waals surface area contributed by atoms with Gasteiger partial charge in [0.15, 0.2) is 0 Å². The molecule has 1 aromatic heterocycles. The molecule has 0 saturated heterocycles. The number of nitrogens with zero attached hydrogens (tertiary/aromatic N) is 2. The van der Waals surface area contributed by atoms with Crippen LogP contribution in [0.1, 0.15) is 86.5 Å². The Morgan fingerprint density at radius 1 is 1.02 bits per heavy atom. The van der Waals surface area contributed by atoms with E-state index < -0.39 is 47.4 Å². The van der Waals surface area contributed by atoms with E-state index in [1.807, 2.05) is 18.5 Å². The van der Waals surface area contributed by atoms with E-state index in [-0.39, 0.29) is 36.0 Å². The van der Waals surface area contributed by atoms with Gasteiger partial charge in [-0.25, -0.2) is 8.42 Å². The number of rotatable bonds is 21. The molecule has 2 aliphatic carbocycles. The van der Waals surface area contributed by atoms with Gasteiger partial charge in [0.25, 0.3) is 0 Å². The summed E-state index contributed by atoms with van der Waals surface area (Å²) >= 11 is 0. The van der Waals surface area contributed by atoms with Crippen molar-refractivity contribution in [1.29, 1.82) is 0 Å². The van der Waals surface area contributed by atoms with Gasteiger partial charge in [0.1, 0.15) is 40.0 Å². The van der Waals surface area contributed by atoms with Crippen molar-refractivity contribution in [2.75, 3.05) is 31.7 Å². The van der Waals surface area contributed by atoms with E-state index in [4.69, 9.17) is 9.84 Å². The number of hydrogen-bond acceptors (Lipinski definition) is 10. The van der Waals surface area contributed by atoms with Crippen LogP contribution in [-0.2, 0) is 26.5 Å². The number of aryl methyl sites for hydroxylation is 2. The van der Waals surface area contributed by atoms with E-state index in [0.717, 1.165) is 56.1 Å². The minimum Gasteiger partial charge on any atom is -0.490 e. The average molecular weight is 753 g/mol. The Labute approximate surface area is 313 Å². The third-order valence-corrected chi connectivity index (χ3v) is 11.8. The quantitative estimate of drug-likeness (QED) is 0.107. The van der Waals surface area contributed by atoms with Crippen LogP contribution in [-0.4, -0.2) is 112 Å². The predicted octanol–water partition coefficient (Wildman–Crippen LogP) is 3.85. The van der Waals surface area contributed by atoms with Crippen molar-refractivity contribution in [3.05, 3.63) is 83.2 Å². The Morgan fingerprint density at radius 2 is 1.74 bits per heavy atom. The summed E-state index contributed by atoms with van der Waals surface area (Å²) < 4.78 is 30.0. The molecule has 2 aromatic carbocycles. The lowest BCUT2D eigenvalue weighted by molar-refractivity contribution is -0.139. The molecule has 2 aliphatic rings. The molecule has 5 rings (SSSR count). The molecule has 0 radical (unpaired) electrons. The van der Waals surface area contributed by atoms with Crippen LogP contribution < -0.4 is 4.74 Å². The molecular weight excluding hydrogens is 697 g/mol. The molecule has 0 aliphatic heterocycles. The van der Waals surface area contributed by atoms with Crippen LogP contribution in [0.2, 0.25) is 0 Å². The van der Waals surface area contributed by atoms with E-state index in [0.29, 0.717) is 18.9 Å². The van der Waals surface area contributed by atoms with Gasteiger partial charge in [0.05, 0.1) is 18.5 Å². The summed E-state index contributed by atoms with van der Waals surface area (Å²) in [7, 11) is -3.43. The predicted molar refractivity (Wildman–Crippen MR) is 203 cm³/mol. The number of benzene rings is 2. The molecule has 5 N–H and O–H groups in total. The molecular formula is C41H56N2O9S. The van der Waals surface area contributed by atoms with E-state index in [2.05, 4.69) is 61.3 Å². The number of aliphatic hydroxyl groups excluding tert-OH is 5. The van der Waals surface area contributed by atoms with Crippen molar-refractivity contribution < 1.29 is 43.5 Å². The number of pyridine rings is 1. The lowest BCUT2D eigenvalue weighted by Crippen LogP contribution is -2.51. The van der Waals surface area contributed by atoms with Gasteiger partial charge in [-0.15, -0.1) is 0 Å². The number of carbonyl (C=O) groups excluding carboxylic acids is 1. The molecule has 11 nitrogen and oxygen atoms in total. The van der Waals surface area contributed by atoms with Gasteiger partial charge in [-0.3, -0.25) is 9.78 Å². The van der Waals surface area contributed by atoms with Crippen molar-refractivity contribution in [2.45, 2.75) is 113 Å². The molecule has 1 amide bonds. The average Bonchev–Trinajstić information content (AvgIpc) is 4.09. The molecule has 12 heteroatoms. The Bertz CT molecular complexity index is 1790. The van der Waals surface area contributed by atoms with Gasteiger partial charge < -0.3 is 35.2 Å². The van der Waals surface area contributed by atoms with Crippen LogP contribution in [0.25, 0.3) is 11.1 Å². The van der Waals surface area contributed by atoms with Crippen molar-refractivity contribution in [2.24, 2.45) is 0 Å².